The number of amides is 2. The van der Waals surface area contributed by atoms with Gasteiger partial charge in [0.15, 0.2) is 0 Å². The second-order valence-corrected chi connectivity index (χ2v) is 9.80. The molecule has 0 spiro atoms. The second kappa shape index (κ2) is 9.30. The highest BCUT2D eigenvalue weighted by molar-refractivity contribution is 5.93. The van der Waals surface area contributed by atoms with Gasteiger partial charge >= 0.3 is 6.09 Å². The average molecular weight is 448 g/mol. The zero-order valence-corrected chi connectivity index (χ0v) is 20.0. The van der Waals surface area contributed by atoms with Crippen molar-refractivity contribution in [2.24, 2.45) is 0 Å². The summed E-state index contributed by atoms with van der Waals surface area (Å²) in [4.78, 5) is 29.3. The van der Waals surface area contributed by atoms with Crippen LogP contribution >= 0.6 is 0 Å². The van der Waals surface area contributed by atoms with Crippen LogP contribution in [0.4, 0.5) is 4.79 Å². The summed E-state index contributed by atoms with van der Waals surface area (Å²) in [5.41, 5.74) is 1.32. The van der Waals surface area contributed by atoms with Gasteiger partial charge in [-0.1, -0.05) is 42.5 Å². The molecule has 0 N–H and O–H groups in total. The van der Waals surface area contributed by atoms with Crippen LogP contribution in [0.15, 0.2) is 60.8 Å². The Kier molecular flexibility index (Phi) is 6.45. The molecule has 1 aliphatic heterocycles. The Hall–Kier alpha value is -3.28. The summed E-state index contributed by atoms with van der Waals surface area (Å²) in [5, 5.41) is 2.35. The van der Waals surface area contributed by atoms with Gasteiger partial charge < -0.3 is 19.1 Å². The van der Waals surface area contributed by atoms with E-state index in [1.165, 1.54) is 10.8 Å². The molecular weight excluding hydrogens is 414 g/mol. The number of aromatic nitrogens is 1. The van der Waals surface area contributed by atoms with Crippen LogP contribution in [-0.4, -0.2) is 52.1 Å². The van der Waals surface area contributed by atoms with Gasteiger partial charge in [-0.15, -0.1) is 0 Å². The van der Waals surface area contributed by atoms with E-state index in [4.69, 9.17) is 4.74 Å². The van der Waals surface area contributed by atoms with E-state index in [0.29, 0.717) is 25.3 Å². The molecule has 2 heterocycles. The molecule has 1 fully saturated rings. The Bertz CT molecular complexity index is 1130. The predicted molar refractivity (Wildman–Crippen MR) is 130 cm³/mol. The lowest BCUT2D eigenvalue weighted by atomic mass is 10.0. The number of ether oxygens (including phenoxy) is 1. The Morgan fingerprint density at radius 1 is 1.00 bits per heavy atom. The van der Waals surface area contributed by atoms with Crippen LogP contribution in [0, 0.1) is 0 Å². The lowest BCUT2D eigenvalue weighted by Gasteiger charge is -2.34. The minimum atomic E-state index is -0.497. The van der Waals surface area contributed by atoms with Crippen molar-refractivity contribution in [3.63, 3.8) is 0 Å². The van der Waals surface area contributed by atoms with Crippen LogP contribution < -0.4 is 0 Å². The molecule has 0 unspecified atom stereocenters. The van der Waals surface area contributed by atoms with Crippen molar-refractivity contribution in [3.8, 4) is 0 Å². The summed E-state index contributed by atoms with van der Waals surface area (Å²) in [6.45, 7) is 7.43. The number of fused-ring (bicyclic) bond motifs is 1. The fraction of sp³-hybridized carbons (Fsp3) is 0.407. The number of nitrogens with zero attached hydrogens (tertiary/aromatic N) is 3. The Balaban J connectivity index is 1.43. The van der Waals surface area contributed by atoms with Crippen molar-refractivity contribution in [2.75, 3.05) is 20.1 Å². The van der Waals surface area contributed by atoms with E-state index in [9.17, 15) is 9.59 Å². The number of likely N-dealkylation sites (tertiary alicyclic amines) is 1. The highest BCUT2D eigenvalue weighted by Crippen LogP contribution is 2.27. The number of piperidine rings is 1. The molecule has 0 radical (unpaired) electrons. The van der Waals surface area contributed by atoms with Crippen LogP contribution in [0.1, 0.15) is 55.7 Å². The monoisotopic (exact) mass is 447 g/mol. The van der Waals surface area contributed by atoms with Crippen LogP contribution in [-0.2, 0) is 11.3 Å². The molecule has 1 aliphatic rings. The summed E-state index contributed by atoms with van der Waals surface area (Å²) in [5.74, 6) is 0.00232. The lowest BCUT2D eigenvalue weighted by molar-refractivity contribution is 0.0186. The normalized spacial score (nSPS) is 15.0. The van der Waals surface area contributed by atoms with Crippen molar-refractivity contribution in [3.05, 3.63) is 72.1 Å². The van der Waals surface area contributed by atoms with Crippen LogP contribution in [0.3, 0.4) is 0 Å². The molecule has 2 amide bonds. The molecule has 0 bridgehead atoms. The Morgan fingerprint density at radius 2 is 1.70 bits per heavy atom. The number of benzene rings is 2. The van der Waals surface area contributed by atoms with E-state index in [0.717, 1.165) is 18.4 Å². The first-order valence-electron chi connectivity index (χ1n) is 11.6. The van der Waals surface area contributed by atoms with Crippen molar-refractivity contribution < 1.29 is 14.3 Å². The van der Waals surface area contributed by atoms with E-state index in [2.05, 4.69) is 28.8 Å². The largest absolute Gasteiger partial charge is 0.444 e. The zero-order valence-electron chi connectivity index (χ0n) is 20.0. The molecule has 6 nitrogen and oxygen atoms in total. The lowest BCUT2D eigenvalue weighted by Crippen LogP contribution is -2.42. The standard InChI is InChI=1S/C27H33N3O3/c1-27(2,3)33-26(32)29-17-14-22(15-18-29)30-16-8-13-24(30)25(31)28(4)19-21-11-7-10-20-9-5-6-12-23(20)21/h5-13,16,22H,14-15,17-19H2,1-4H3. The molecule has 1 saturated heterocycles. The molecule has 0 saturated carbocycles. The number of rotatable bonds is 4. The average Bonchev–Trinajstić information content (AvgIpc) is 3.27. The van der Waals surface area contributed by atoms with E-state index in [1.807, 2.05) is 64.3 Å². The van der Waals surface area contributed by atoms with Gasteiger partial charge in [0.1, 0.15) is 11.3 Å². The summed E-state index contributed by atoms with van der Waals surface area (Å²) in [6.07, 6.45) is 3.30. The van der Waals surface area contributed by atoms with Crippen molar-refractivity contribution in [1.82, 2.24) is 14.4 Å². The highest BCUT2D eigenvalue weighted by atomic mass is 16.6. The highest BCUT2D eigenvalue weighted by Gasteiger charge is 2.29. The van der Waals surface area contributed by atoms with Crippen molar-refractivity contribution >= 4 is 22.8 Å². The van der Waals surface area contributed by atoms with E-state index in [-0.39, 0.29) is 18.0 Å². The first-order chi connectivity index (χ1) is 15.7. The molecule has 2 aromatic carbocycles. The smallest absolute Gasteiger partial charge is 0.410 e. The predicted octanol–water partition coefficient (Wildman–Crippen LogP) is 5.49. The van der Waals surface area contributed by atoms with E-state index >= 15 is 0 Å². The zero-order chi connectivity index (χ0) is 23.6. The number of hydrogen-bond donors (Lipinski definition) is 0. The third kappa shape index (κ3) is 5.21. The van der Waals surface area contributed by atoms with Gasteiger partial charge in [0, 0.05) is 38.9 Å². The fourth-order valence-electron chi connectivity index (χ4n) is 4.50. The molecule has 4 rings (SSSR count). The maximum Gasteiger partial charge on any atom is 0.410 e. The van der Waals surface area contributed by atoms with Gasteiger partial charge in [0.25, 0.3) is 5.91 Å². The van der Waals surface area contributed by atoms with Crippen LogP contribution in [0.25, 0.3) is 10.8 Å². The van der Waals surface area contributed by atoms with Gasteiger partial charge in [0.2, 0.25) is 0 Å². The topological polar surface area (TPSA) is 54.8 Å². The summed E-state index contributed by atoms with van der Waals surface area (Å²) in [6, 6.07) is 18.5. The quantitative estimate of drug-likeness (QED) is 0.532. The van der Waals surface area contributed by atoms with Gasteiger partial charge in [-0.25, -0.2) is 4.79 Å². The molecule has 1 aromatic heterocycles. The minimum absolute atomic E-state index is 0.00232. The number of carbonyl (C=O) groups is 2. The Labute approximate surface area is 195 Å². The van der Waals surface area contributed by atoms with Crippen LogP contribution in [0.5, 0.6) is 0 Å². The van der Waals surface area contributed by atoms with Crippen molar-refractivity contribution in [2.45, 2.75) is 51.8 Å². The molecule has 3 aromatic rings. The molecule has 0 aliphatic carbocycles. The Morgan fingerprint density at radius 3 is 2.42 bits per heavy atom. The van der Waals surface area contributed by atoms with E-state index < -0.39 is 5.60 Å². The molecular formula is C27H33N3O3. The first kappa shape index (κ1) is 22.9. The maximum absolute atomic E-state index is 13.4. The fourth-order valence-corrected chi connectivity index (χ4v) is 4.50. The molecule has 6 heteroatoms. The number of carbonyl (C=O) groups excluding carboxylic acids is 2. The van der Waals surface area contributed by atoms with E-state index in [1.54, 1.807) is 9.80 Å². The third-order valence-electron chi connectivity index (χ3n) is 6.14. The number of hydrogen-bond acceptors (Lipinski definition) is 3. The van der Waals surface area contributed by atoms with Gasteiger partial charge in [-0.05, 0) is 62.1 Å². The maximum atomic E-state index is 13.4. The van der Waals surface area contributed by atoms with Gasteiger partial charge in [-0.3, -0.25) is 4.79 Å². The molecule has 33 heavy (non-hydrogen) atoms. The van der Waals surface area contributed by atoms with Gasteiger partial charge in [-0.2, -0.15) is 0 Å². The van der Waals surface area contributed by atoms with Crippen molar-refractivity contribution in [1.29, 1.82) is 0 Å². The minimum Gasteiger partial charge on any atom is -0.444 e. The molecule has 174 valence electrons. The third-order valence-corrected chi connectivity index (χ3v) is 6.14. The molecule has 0 atom stereocenters. The second-order valence-electron chi connectivity index (χ2n) is 9.80. The summed E-state index contributed by atoms with van der Waals surface area (Å²) in [7, 11) is 1.85. The SMILES string of the molecule is CN(Cc1cccc2ccccc12)C(=O)c1cccn1C1CCN(C(=O)OC(C)(C)C)CC1. The summed E-state index contributed by atoms with van der Waals surface area (Å²) < 4.78 is 7.58. The van der Waals surface area contributed by atoms with Crippen LogP contribution in [0.2, 0.25) is 0 Å². The van der Waals surface area contributed by atoms with Gasteiger partial charge in [0.05, 0.1) is 0 Å². The summed E-state index contributed by atoms with van der Waals surface area (Å²) >= 11 is 0. The first-order valence-corrected chi connectivity index (χ1v) is 11.6.